The molecular formula is C20H21N3O6. The van der Waals surface area contributed by atoms with Crippen molar-refractivity contribution in [1.29, 1.82) is 0 Å². The maximum Gasteiger partial charge on any atom is 0.360 e. The third-order valence-electron chi connectivity index (χ3n) is 4.02. The van der Waals surface area contributed by atoms with Gasteiger partial charge in [-0.05, 0) is 31.2 Å². The van der Waals surface area contributed by atoms with E-state index >= 15 is 0 Å². The number of methoxy groups -OCH3 is 2. The molecule has 0 bridgehead atoms. The highest BCUT2D eigenvalue weighted by Crippen LogP contribution is 2.21. The number of nitrogens with zero attached hydrogens (tertiary/aromatic N) is 2. The molecule has 1 amide bonds. The zero-order valence-electron chi connectivity index (χ0n) is 16.3. The molecule has 0 aliphatic rings. The highest BCUT2D eigenvalue weighted by atomic mass is 16.5. The Balaban J connectivity index is 1.66. The number of esters is 1. The zero-order valence-corrected chi connectivity index (χ0v) is 16.3. The summed E-state index contributed by atoms with van der Waals surface area (Å²) in [7, 11) is 2.83. The molecule has 2 aromatic heterocycles. The summed E-state index contributed by atoms with van der Waals surface area (Å²) in [6.45, 7) is 2.54. The normalized spacial score (nSPS) is 10.4. The first-order chi connectivity index (χ1) is 14.0. The number of carbonyl (C=O) groups excluding carboxylic acids is 2. The standard InChI is InChI=1S/C20H21N3O6/c1-4-23-11-16(18(22-23)20(25)27-3)21-19(24)17-9-8-15(29-17)12-28-14-7-5-6-13(10-14)26-2/h5-11H,4,12H2,1-3H3,(H,21,24). The van der Waals surface area contributed by atoms with E-state index in [-0.39, 0.29) is 23.7 Å². The van der Waals surface area contributed by atoms with E-state index < -0.39 is 11.9 Å². The van der Waals surface area contributed by atoms with Crippen molar-refractivity contribution in [2.75, 3.05) is 19.5 Å². The summed E-state index contributed by atoms with van der Waals surface area (Å²) in [6, 6.07) is 10.3. The minimum Gasteiger partial charge on any atom is -0.497 e. The molecule has 0 unspecified atom stereocenters. The molecule has 0 saturated carbocycles. The van der Waals surface area contributed by atoms with Crippen LogP contribution in [0.2, 0.25) is 0 Å². The van der Waals surface area contributed by atoms with Crippen LogP contribution in [0.3, 0.4) is 0 Å². The van der Waals surface area contributed by atoms with Gasteiger partial charge in [0, 0.05) is 18.8 Å². The number of anilines is 1. The van der Waals surface area contributed by atoms with Crippen molar-refractivity contribution < 1.29 is 28.2 Å². The number of furan rings is 1. The van der Waals surface area contributed by atoms with E-state index in [0.717, 1.165) is 0 Å². The Bertz CT molecular complexity index is 1010. The Hall–Kier alpha value is -3.75. The fourth-order valence-corrected chi connectivity index (χ4v) is 2.53. The number of rotatable bonds is 8. The summed E-state index contributed by atoms with van der Waals surface area (Å²) in [5.41, 5.74) is 0.269. The molecule has 152 valence electrons. The Labute approximate surface area is 167 Å². The average Bonchev–Trinajstić information content (AvgIpc) is 3.39. The van der Waals surface area contributed by atoms with Crippen LogP contribution in [-0.2, 0) is 17.9 Å². The van der Waals surface area contributed by atoms with E-state index in [9.17, 15) is 9.59 Å². The first-order valence-corrected chi connectivity index (χ1v) is 8.86. The topological polar surface area (TPSA) is 105 Å². The summed E-state index contributed by atoms with van der Waals surface area (Å²) in [5.74, 6) is 0.681. The van der Waals surface area contributed by atoms with Crippen LogP contribution in [0.4, 0.5) is 5.69 Å². The molecule has 0 atom stereocenters. The number of hydrogen-bond acceptors (Lipinski definition) is 7. The first-order valence-electron chi connectivity index (χ1n) is 8.86. The number of carbonyl (C=O) groups is 2. The van der Waals surface area contributed by atoms with E-state index in [1.807, 2.05) is 19.1 Å². The predicted molar refractivity (Wildman–Crippen MR) is 103 cm³/mol. The molecule has 0 spiro atoms. The van der Waals surface area contributed by atoms with Crippen molar-refractivity contribution in [2.45, 2.75) is 20.1 Å². The second kappa shape index (κ2) is 8.96. The van der Waals surface area contributed by atoms with Gasteiger partial charge >= 0.3 is 5.97 Å². The number of ether oxygens (including phenoxy) is 3. The van der Waals surface area contributed by atoms with Gasteiger partial charge in [-0.25, -0.2) is 4.79 Å². The van der Waals surface area contributed by atoms with Gasteiger partial charge in [-0.1, -0.05) is 6.07 Å². The van der Waals surface area contributed by atoms with E-state index in [1.165, 1.54) is 17.9 Å². The molecule has 1 N–H and O–H groups in total. The van der Waals surface area contributed by atoms with E-state index in [2.05, 4.69) is 10.4 Å². The van der Waals surface area contributed by atoms with Gasteiger partial charge in [-0.15, -0.1) is 0 Å². The molecule has 2 heterocycles. The molecule has 0 aliphatic carbocycles. The van der Waals surface area contributed by atoms with Crippen molar-refractivity contribution in [3.05, 3.63) is 59.8 Å². The lowest BCUT2D eigenvalue weighted by molar-refractivity contribution is 0.0594. The van der Waals surface area contributed by atoms with Gasteiger partial charge in [0.05, 0.1) is 19.9 Å². The van der Waals surface area contributed by atoms with Crippen LogP contribution in [0.25, 0.3) is 0 Å². The summed E-state index contributed by atoms with van der Waals surface area (Å²) in [5, 5.41) is 6.72. The van der Waals surface area contributed by atoms with Crippen LogP contribution in [0.5, 0.6) is 11.5 Å². The van der Waals surface area contributed by atoms with Gasteiger partial charge in [0.25, 0.3) is 5.91 Å². The van der Waals surface area contributed by atoms with Crippen molar-refractivity contribution in [1.82, 2.24) is 9.78 Å². The van der Waals surface area contributed by atoms with Crippen molar-refractivity contribution in [3.63, 3.8) is 0 Å². The summed E-state index contributed by atoms with van der Waals surface area (Å²) < 4.78 is 22.6. The Morgan fingerprint density at radius 2 is 1.97 bits per heavy atom. The quantitative estimate of drug-likeness (QED) is 0.580. The lowest BCUT2D eigenvalue weighted by Gasteiger charge is -2.06. The third-order valence-corrected chi connectivity index (χ3v) is 4.02. The molecule has 0 radical (unpaired) electrons. The van der Waals surface area contributed by atoms with E-state index in [0.29, 0.717) is 23.8 Å². The lowest BCUT2D eigenvalue weighted by atomic mass is 10.3. The fourth-order valence-electron chi connectivity index (χ4n) is 2.53. The molecule has 9 heteroatoms. The molecular weight excluding hydrogens is 378 g/mol. The lowest BCUT2D eigenvalue weighted by Crippen LogP contribution is -2.14. The summed E-state index contributed by atoms with van der Waals surface area (Å²) in [4.78, 5) is 24.3. The number of aryl methyl sites for hydroxylation is 1. The number of aromatic nitrogens is 2. The van der Waals surface area contributed by atoms with Gasteiger partial charge in [-0.2, -0.15) is 5.10 Å². The molecule has 3 rings (SSSR count). The Morgan fingerprint density at radius 3 is 2.69 bits per heavy atom. The van der Waals surface area contributed by atoms with Gasteiger partial charge in [-0.3, -0.25) is 9.48 Å². The van der Waals surface area contributed by atoms with Crippen LogP contribution in [0, 0.1) is 0 Å². The Kier molecular flexibility index (Phi) is 6.18. The van der Waals surface area contributed by atoms with E-state index in [1.54, 1.807) is 31.5 Å². The molecule has 0 saturated heterocycles. The molecule has 1 aromatic carbocycles. The highest BCUT2D eigenvalue weighted by molar-refractivity contribution is 6.05. The summed E-state index contributed by atoms with van der Waals surface area (Å²) >= 11 is 0. The fraction of sp³-hybridized carbons (Fsp3) is 0.250. The van der Waals surface area contributed by atoms with Gasteiger partial charge in [0.2, 0.25) is 0 Å². The molecule has 29 heavy (non-hydrogen) atoms. The average molecular weight is 399 g/mol. The van der Waals surface area contributed by atoms with Crippen LogP contribution in [0.15, 0.2) is 47.0 Å². The van der Waals surface area contributed by atoms with Crippen LogP contribution in [-0.4, -0.2) is 35.9 Å². The highest BCUT2D eigenvalue weighted by Gasteiger charge is 2.21. The second-order valence-electron chi connectivity index (χ2n) is 5.93. The minimum atomic E-state index is -0.640. The number of amides is 1. The zero-order chi connectivity index (χ0) is 20.8. The summed E-state index contributed by atoms with van der Waals surface area (Å²) in [6.07, 6.45) is 1.56. The maximum atomic E-state index is 12.5. The van der Waals surface area contributed by atoms with Crippen molar-refractivity contribution in [2.24, 2.45) is 0 Å². The largest absolute Gasteiger partial charge is 0.497 e. The predicted octanol–water partition coefficient (Wildman–Crippen LogP) is 3.12. The van der Waals surface area contributed by atoms with Crippen molar-refractivity contribution >= 4 is 17.6 Å². The maximum absolute atomic E-state index is 12.5. The first kappa shape index (κ1) is 20.0. The SMILES string of the molecule is CCn1cc(NC(=O)c2ccc(COc3cccc(OC)c3)o2)c(C(=O)OC)n1. The van der Waals surface area contributed by atoms with Gasteiger partial charge < -0.3 is 23.9 Å². The van der Waals surface area contributed by atoms with Crippen LogP contribution in [0.1, 0.15) is 33.7 Å². The van der Waals surface area contributed by atoms with Crippen LogP contribution >= 0.6 is 0 Å². The smallest absolute Gasteiger partial charge is 0.360 e. The monoisotopic (exact) mass is 399 g/mol. The second-order valence-corrected chi connectivity index (χ2v) is 5.93. The van der Waals surface area contributed by atoms with Gasteiger partial charge in [0.1, 0.15) is 23.9 Å². The molecule has 9 nitrogen and oxygen atoms in total. The van der Waals surface area contributed by atoms with Crippen molar-refractivity contribution in [3.8, 4) is 11.5 Å². The van der Waals surface area contributed by atoms with Crippen LogP contribution < -0.4 is 14.8 Å². The third kappa shape index (κ3) is 4.75. The van der Waals surface area contributed by atoms with E-state index in [4.69, 9.17) is 18.6 Å². The molecule has 3 aromatic rings. The Morgan fingerprint density at radius 1 is 1.17 bits per heavy atom. The molecule has 0 fully saturated rings. The van der Waals surface area contributed by atoms with Gasteiger partial charge in [0.15, 0.2) is 11.5 Å². The molecule has 0 aliphatic heterocycles. The number of nitrogens with one attached hydrogen (secondary N) is 1. The number of hydrogen-bond donors (Lipinski definition) is 1. The number of benzene rings is 1. The minimum absolute atomic E-state index is 0.0239.